The minimum atomic E-state index is -1.22. The van der Waals surface area contributed by atoms with Crippen LogP contribution in [0.4, 0.5) is 11.4 Å². The SMILES string of the molecule is C=C=C(C)/C=C1/N(CCC(=O)NCCC[C@H](NC(=O)[C@H](C)NC(=O)CC[N+]2=C(C(C)C)C(C)(C)c3c2ccc2ccccc32)C(=O)N[C@@H](C)C(=O)O)c2ccc3ccccc3c2C1(C)C. The van der Waals surface area contributed by atoms with Gasteiger partial charge in [-0.05, 0) is 98.4 Å². The fraction of sp³-hybridized carbons (Fsp3) is 0.415. The highest BCUT2D eigenvalue weighted by Crippen LogP contribution is 2.51. The summed E-state index contributed by atoms with van der Waals surface area (Å²) in [6.07, 6.45) is 2.81. The van der Waals surface area contributed by atoms with Crippen molar-refractivity contribution in [3.05, 3.63) is 114 Å². The van der Waals surface area contributed by atoms with E-state index in [-0.39, 0.29) is 54.4 Å². The van der Waals surface area contributed by atoms with Gasteiger partial charge in [0.15, 0.2) is 12.3 Å². The molecule has 4 amide bonds. The van der Waals surface area contributed by atoms with E-state index in [1.54, 1.807) is 6.92 Å². The minimum absolute atomic E-state index is 0.109. The number of allylic oxidation sites excluding steroid dienone is 3. The topological polar surface area (TPSA) is 160 Å². The van der Waals surface area contributed by atoms with Gasteiger partial charge in [0.2, 0.25) is 29.3 Å². The number of hydrogen-bond donors (Lipinski definition) is 5. The van der Waals surface area contributed by atoms with Crippen LogP contribution in [0.5, 0.6) is 0 Å². The zero-order valence-corrected chi connectivity index (χ0v) is 39.4. The molecule has 342 valence electrons. The van der Waals surface area contributed by atoms with Gasteiger partial charge in [0.25, 0.3) is 0 Å². The Kier molecular flexibility index (Phi) is 14.5. The van der Waals surface area contributed by atoms with Crippen LogP contribution in [0.1, 0.15) is 99.1 Å². The Labute approximate surface area is 382 Å². The molecular weight excluding hydrogens is 817 g/mol. The molecule has 0 saturated heterocycles. The molecule has 2 heterocycles. The number of anilines is 1. The lowest BCUT2D eigenvalue weighted by atomic mass is 9.76. The summed E-state index contributed by atoms with van der Waals surface area (Å²) in [5, 5.41) is 25.1. The highest BCUT2D eigenvalue weighted by molar-refractivity contribution is 6.03. The number of hydrogen-bond acceptors (Lipinski definition) is 6. The van der Waals surface area contributed by atoms with E-state index in [9.17, 15) is 29.1 Å². The summed E-state index contributed by atoms with van der Waals surface area (Å²) in [7, 11) is 0. The number of fused-ring (bicyclic) bond motifs is 6. The first-order chi connectivity index (χ1) is 30.8. The van der Waals surface area contributed by atoms with E-state index in [1.807, 2.05) is 31.2 Å². The van der Waals surface area contributed by atoms with Crippen LogP contribution in [0.3, 0.4) is 0 Å². The van der Waals surface area contributed by atoms with Crippen LogP contribution in [0.15, 0.2) is 102 Å². The van der Waals surface area contributed by atoms with Crippen molar-refractivity contribution < 1.29 is 33.7 Å². The number of carbonyl (C=O) groups excluding carboxylic acids is 4. The molecule has 2 aliphatic heterocycles. The highest BCUT2D eigenvalue weighted by atomic mass is 16.4. The molecule has 5 N–H and O–H groups in total. The maximum atomic E-state index is 13.5. The normalized spacial score (nSPS) is 16.7. The molecule has 2 aliphatic rings. The Bertz CT molecular complexity index is 2650. The maximum absolute atomic E-state index is 13.5. The zero-order chi connectivity index (χ0) is 47.4. The molecule has 0 spiro atoms. The molecule has 3 atom stereocenters. The molecule has 0 aliphatic carbocycles. The number of benzene rings is 4. The van der Waals surface area contributed by atoms with Crippen LogP contribution in [0.25, 0.3) is 21.5 Å². The fourth-order valence-corrected chi connectivity index (χ4v) is 9.87. The van der Waals surface area contributed by atoms with Gasteiger partial charge in [-0.25, -0.2) is 0 Å². The Hall–Kier alpha value is -6.52. The summed E-state index contributed by atoms with van der Waals surface area (Å²) >= 11 is 0. The van der Waals surface area contributed by atoms with Gasteiger partial charge in [-0.15, -0.1) is 5.73 Å². The number of carboxylic acid groups (broad SMARTS) is 1. The third kappa shape index (κ3) is 10.1. The van der Waals surface area contributed by atoms with Gasteiger partial charge in [0.05, 0.1) is 11.8 Å². The van der Waals surface area contributed by atoms with Crippen molar-refractivity contribution in [2.75, 3.05) is 24.5 Å². The minimum Gasteiger partial charge on any atom is -0.480 e. The molecule has 0 fully saturated rings. The van der Waals surface area contributed by atoms with Crippen molar-refractivity contribution in [1.82, 2.24) is 21.3 Å². The first-order valence-corrected chi connectivity index (χ1v) is 22.7. The van der Waals surface area contributed by atoms with Crippen molar-refractivity contribution in [1.29, 1.82) is 0 Å². The molecule has 0 bridgehead atoms. The lowest BCUT2D eigenvalue weighted by Crippen LogP contribution is -2.54. The van der Waals surface area contributed by atoms with E-state index in [4.69, 9.17) is 0 Å². The van der Waals surface area contributed by atoms with Gasteiger partial charge >= 0.3 is 5.97 Å². The van der Waals surface area contributed by atoms with Crippen molar-refractivity contribution >= 4 is 68.2 Å². The summed E-state index contributed by atoms with van der Waals surface area (Å²) in [5.41, 5.74) is 10.1. The van der Waals surface area contributed by atoms with Crippen LogP contribution < -0.4 is 26.2 Å². The van der Waals surface area contributed by atoms with E-state index in [1.165, 1.54) is 29.1 Å². The third-order valence-electron chi connectivity index (χ3n) is 12.9. The third-order valence-corrected chi connectivity index (χ3v) is 12.9. The number of carbonyl (C=O) groups is 5. The molecular formula is C53H65N6O6+. The highest BCUT2D eigenvalue weighted by Gasteiger charge is 2.48. The lowest BCUT2D eigenvalue weighted by molar-refractivity contribution is -0.439. The molecule has 0 aromatic heterocycles. The monoisotopic (exact) mass is 881 g/mol. The second kappa shape index (κ2) is 19.7. The van der Waals surface area contributed by atoms with Gasteiger partial charge in [-0.2, -0.15) is 4.58 Å². The van der Waals surface area contributed by atoms with Gasteiger partial charge in [-0.3, -0.25) is 24.0 Å². The van der Waals surface area contributed by atoms with E-state index >= 15 is 0 Å². The predicted molar refractivity (Wildman–Crippen MR) is 259 cm³/mol. The lowest BCUT2D eigenvalue weighted by Gasteiger charge is -2.27. The standard InChI is InChI=1S/C53H64N6O6/c1-11-33(4)31-43-52(7,8)46-38-19-14-12-17-36(38)22-24-41(46)58(43)29-26-44(60)54-28-16-21-40(50(63)56-35(6)51(64)65)57-49(62)34(5)55-45(61)27-30-59-42-25-23-37-18-13-15-20-39(37)47(42)53(9,10)48(59)32(2)3/h12-15,17-20,22-25,31-32,34-35,40H,1,16,21,26-30H2,2-10H3,(H4-,54,55,56,57,60,61,62,63,64,65)/p+1/b43-31+/t34-,35-,40-/m0/s1. The molecule has 0 saturated carbocycles. The smallest absolute Gasteiger partial charge is 0.325 e. The maximum Gasteiger partial charge on any atom is 0.325 e. The van der Waals surface area contributed by atoms with Gasteiger partial charge < -0.3 is 31.3 Å². The molecule has 6 rings (SSSR count). The Balaban J connectivity index is 1.06. The van der Waals surface area contributed by atoms with Crippen molar-refractivity contribution in [2.24, 2.45) is 5.92 Å². The molecule has 65 heavy (non-hydrogen) atoms. The van der Waals surface area contributed by atoms with E-state index in [0.29, 0.717) is 19.5 Å². The number of carboxylic acids is 1. The molecule has 4 aromatic carbocycles. The van der Waals surface area contributed by atoms with Crippen LogP contribution in [0.2, 0.25) is 0 Å². The molecule has 12 heteroatoms. The number of nitrogens with zero attached hydrogens (tertiary/aromatic N) is 2. The molecule has 4 aromatic rings. The van der Waals surface area contributed by atoms with Gasteiger partial charge in [-0.1, -0.05) is 88.9 Å². The van der Waals surface area contributed by atoms with Crippen LogP contribution in [-0.2, 0) is 34.8 Å². The zero-order valence-electron chi connectivity index (χ0n) is 39.4. The quantitative estimate of drug-likeness (QED) is 0.0389. The van der Waals surface area contributed by atoms with Gasteiger partial charge in [0, 0.05) is 53.9 Å². The summed E-state index contributed by atoms with van der Waals surface area (Å²) in [6, 6.07) is 21.8. The predicted octanol–water partition coefficient (Wildman–Crippen LogP) is 7.69. The summed E-state index contributed by atoms with van der Waals surface area (Å²) < 4.78 is 2.24. The summed E-state index contributed by atoms with van der Waals surface area (Å²) in [4.78, 5) is 67.5. The van der Waals surface area contributed by atoms with Crippen LogP contribution in [0, 0.1) is 5.92 Å². The molecule has 12 nitrogen and oxygen atoms in total. The number of aliphatic carboxylic acids is 1. The van der Waals surface area contributed by atoms with Crippen molar-refractivity contribution in [2.45, 2.75) is 117 Å². The molecule has 0 unspecified atom stereocenters. The first kappa shape index (κ1) is 47.9. The first-order valence-electron chi connectivity index (χ1n) is 22.7. The van der Waals surface area contributed by atoms with E-state index in [0.717, 1.165) is 38.8 Å². The Morgan fingerprint density at radius 2 is 1.40 bits per heavy atom. The average Bonchev–Trinajstić information content (AvgIpc) is 3.64. The number of amides is 4. The number of rotatable bonds is 18. The molecule has 0 radical (unpaired) electrons. The van der Waals surface area contributed by atoms with Gasteiger partial charge in [0.1, 0.15) is 18.1 Å². The Morgan fingerprint density at radius 1 is 0.769 bits per heavy atom. The number of nitrogens with one attached hydrogen (secondary N) is 4. The second-order valence-electron chi connectivity index (χ2n) is 18.8. The average molecular weight is 882 g/mol. The second-order valence-corrected chi connectivity index (χ2v) is 18.8. The van der Waals surface area contributed by atoms with Crippen LogP contribution in [-0.4, -0.2) is 82.8 Å². The summed E-state index contributed by atoms with van der Waals surface area (Å²) in [5.74, 6) is -2.78. The largest absolute Gasteiger partial charge is 0.480 e. The van der Waals surface area contributed by atoms with E-state index < -0.39 is 35.9 Å². The Morgan fingerprint density at radius 3 is 2.03 bits per heavy atom. The van der Waals surface area contributed by atoms with E-state index in [2.05, 4.69) is 139 Å². The van der Waals surface area contributed by atoms with Crippen molar-refractivity contribution in [3.63, 3.8) is 0 Å². The van der Waals surface area contributed by atoms with Crippen molar-refractivity contribution in [3.8, 4) is 0 Å². The van der Waals surface area contributed by atoms with Crippen LogP contribution >= 0.6 is 0 Å². The summed E-state index contributed by atoms with van der Waals surface area (Å²) in [6.45, 7) is 22.9. The fourth-order valence-electron chi connectivity index (χ4n) is 9.87.